The molecule has 0 saturated heterocycles. The van der Waals surface area contributed by atoms with Gasteiger partial charge in [0.25, 0.3) is 5.22 Å². The van der Waals surface area contributed by atoms with Crippen LogP contribution >= 0.6 is 11.8 Å². The minimum atomic E-state index is -0.0310. The Bertz CT molecular complexity index is 925. The van der Waals surface area contributed by atoms with Gasteiger partial charge in [-0.15, -0.1) is 10.2 Å². The lowest BCUT2D eigenvalue weighted by molar-refractivity contribution is -0.119. The van der Waals surface area contributed by atoms with Crippen LogP contribution in [0, 0.1) is 13.8 Å². The number of rotatable bonds is 8. The zero-order chi connectivity index (χ0) is 19.9. The summed E-state index contributed by atoms with van der Waals surface area (Å²) in [7, 11) is 0. The minimum Gasteiger partial charge on any atom is -0.411 e. The van der Waals surface area contributed by atoms with E-state index in [9.17, 15) is 4.79 Å². The molecule has 0 unspecified atom stereocenters. The van der Waals surface area contributed by atoms with E-state index in [2.05, 4.69) is 34.6 Å². The summed E-state index contributed by atoms with van der Waals surface area (Å²) in [4.78, 5) is 12.2. The van der Waals surface area contributed by atoms with Crippen molar-refractivity contribution in [1.29, 1.82) is 0 Å². The Labute approximate surface area is 170 Å². The van der Waals surface area contributed by atoms with E-state index in [0.717, 1.165) is 18.4 Å². The molecule has 0 aliphatic heterocycles. The van der Waals surface area contributed by atoms with Gasteiger partial charge in [0.15, 0.2) is 0 Å². The second kappa shape index (κ2) is 9.55. The first-order chi connectivity index (χ1) is 13.5. The predicted molar refractivity (Wildman–Crippen MR) is 112 cm³/mol. The highest BCUT2D eigenvalue weighted by Crippen LogP contribution is 2.24. The smallest absolute Gasteiger partial charge is 0.277 e. The van der Waals surface area contributed by atoms with Crippen LogP contribution in [-0.4, -0.2) is 27.9 Å². The van der Waals surface area contributed by atoms with Gasteiger partial charge in [-0.1, -0.05) is 48.2 Å². The Kier molecular flexibility index (Phi) is 6.87. The molecule has 0 radical (unpaired) electrons. The quantitative estimate of drug-likeness (QED) is 0.565. The van der Waals surface area contributed by atoms with Crippen molar-refractivity contribution in [2.24, 2.45) is 0 Å². The number of aryl methyl sites for hydroxylation is 3. The maximum Gasteiger partial charge on any atom is 0.277 e. The van der Waals surface area contributed by atoms with Crippen molar-refractivity contribution in [3.05, 3.63) is 65.2 Å². The lowest BCUT2D eigenvalue weighted by Gasteiger charge is -2.13. The molecule has 0 aliphatic rings. The highest BCUT2D eigenvalue weighted by Gasteiger charge is 2.13. The van der Waals surface area contributed by atoms with Gasteiger partial charge in [-0.3, -0.25) is 4.79 Å². The molecule has 0 aliphatic carbocycles. The zero-order valence-corrected chi connectivity index (χ0v) is 17.3. The van der Waals surface area contributed by atoms with Crippen molar-refractivity contribution < 1.29 is 9.21 Å². The van der Waals surface area contributed by atoms with E-state index < -0.39 is 0 Å². The lowest BCUT2D eigenvalue weighted by atomic mass is 10.1. The molecule has 3 rings (SSSR count). The molecule has 5 nitrogen and oxygen atoms in total. The standard InChI is InChI=1S/C22H25N3O2S/c1-15-9-12-19(13-16(15)2)21-24-25-22(27-21)28-14-20(26)23-17(3)10-11-18-7-5-4-6-8-18/h4-9,12-13,17H,10-11,14H2,1-3H3,(H,23,26)/t17-/m0/s1. The largest absolute Gasteiger partial charge is 0.411 e. The molecule has 3 aromatic rings. The highest BCUT2D eigenvalue weighted by molar-refractivity contribution is 7.99. The summed E-state index contributed by atoms with van der Waals surface area (Å²) < 4.78 is 5.69. The topological polar surface area (TPSA) is 68.0 Å². The predicted octanol–water partition coefficient (Wildman–Crippen LogP) is 4.58. The van der Waals surface area contributed by atoms with Gasteiger partial charge in [-0.2, -0.15) is 0 Å². The van der Waals surface area contributed by atoms with Crippen molar-refractivity contribution in [3.8, 4) is 11.5 Å². The van der Waals surface area contributed by atoms with Crippen LogP contribution in [0.1, 0.15) is 30.0 Å². The summed E-state index contributed by atoms with van der Waals surface area (Å²) in [6.07, 6.45) is 1.84. The molecule has 1 heterocycles. The number of amides is 1. The summed E-state index contributed by atoms with van der Waals surface area (Å²) >= 11 is 1.26. The minimum absolute atomic E-state index is 0.0310. The molecule has 0 saturated carbocycles. The fourth-order valence-corrected chi connectivity index (χ4v) is 3.38. The normalized spacial score (nSPS) is 12.0. The number of aromatic nitrogens is 2. The van der Waals surface area contributed by atoms with Gasteiger partial charge in [-0.05, 0) is 62.4 Å². The first kappa shape index (κ1) is 20.1. The zero-order valence-electron chi connectivity index (χ0n) is 16.4. The first-order valence-corrected chi connectivity index (χ1v) is 10.4. The van der Waals surface area contributed by atoms with Crippen molar-refractivity contribution >= 4 is 17.7 Å². The van der Waals surface area contributed by atoms with Crippen molar-refractivity contribution in [2.75, 3.05) is 5.75 Å². The number of hydrogen-bond donors (Lipinski definition) is 1. The van der Waals surface area contributed by atoms with Crippen LogP contribution in [-0.2, 0) is 11.2 Å². The highest BCUT2D eigenvalue weighted by atomic mass is 32.2. The Hall–Kier alpha value is -2.60. The Morgan fingerprint density at radius 3 is 2.64 bits per heavy atom. The molecule has 146 valence electrons. The third-order valence-electron chi connectivity index (χ3n) is 4.60. The van der Waals surface area contributed by atoms with E-state index in [1.165, 1.54) is 28.5 Å². The SMILES string of the molecule is Cc1ccc(-c2nnc(SCC(=O)N[C@@H](C)CCc3ccccc3)o2)cc1C. The monoisotopic (exact) mass is 395 g/mol. The number of nitrogens with zero attached hydrogens (tertiary/aromatic N) is 2. The van der Waals surface area contributed by atoms with E-state index in [1.807, 2.05) is 50.2 Å². The fourth-order valence-electron chi connectivity index (χ4n) is 2.80. The molecule has 1 aromatic heterocycles. The van der Waals surface area contributed by atoms with Crippen molar-refractivity contribution in [1.82, 2.24) is 15.5 Å². The third-order valence-corrected chi connectivity index (χ3v) is 5.42. The first-order valence-electron chi connectivity index (χ1n) is 9.38. The van der Waals surface area contributed by atoms with Crippen LogP contribution in [0.25, 0.3) is 11.5 Å². The van der Waals surface area contributed by atoms with Gasteiger partial charge >= 0.3 is 0 Å². The van der Waals surface area contributed by atoms with Gasteiger partial charge < -0.3 is 9.73 Å². The van der Waals surface area contributed by atoms with Gasteiger partial charge in [0.2, 0.25) is 11.8 Å². The number of nitrogens with one attached hydrogen (secondary N) is 1. The summed E-state index contributed by atoms with van der Waals surface area (Å²) in [5.74, 6) is 0.697. The Balaban J connectivity index is 1.45. The van der Waals surface area contributed by atoms with Crippen LogP contribution in [0.3, 0.4) is 0 Å². The third kappa shape index (κ3) is 5.70. The number of thioether (sulfide) groups is 1. The van der Waals surface area contributed by atoms with Gasteiger partial charge in [0.1, 0.15) is 0 Å². The fraction of sp³-hybridized carbons (Fsp3) is 0.318. The maximum atomic E-state index is 12.2. The number of carbonyl (C=O) groups is 1. The van der Waals surface area contributed by atoms with E-state index in [0.29, 0.717) is 11.1 Å². The Morgan fingerprint density at radius 1 is 1.11 bits per heavy atom. The summed E-state index contributed by atoms with van der Waals surface area (Å²) in [6.45, 7) is 6.14. The number of carbonyl (C=O) groups excluding carboxylic acids is 1. The molecular weight excluding hydrogens is 370 g/mol. The van der Waals surface area contributed by atoms with Crippen LogP contribution in [0.4, 0.5) is 0 Å². The van der Waals surface area contributed by atoms with Crippen LogP contribution in [0.5, 0.6) is 0 Å². The van der Waals surface area contributed by atoms with E-state index in [4.69, 9.17) is 4.42 Å². The van der Waals surface area contributed by atoms with Crippen LogP contribution in [0.2, 0.25) is 0 Å². The van der Waals surface area contributed by atoms with E-state index in [-0.39, 0.29) is 17.7 Å². The van der Waals surface area contributed by atoms with Crippen molar-refractivity contribution in [3.63, 3.8) is 0 Å². The van der Waals surface area contributed by atoms with Crippen LogP contribution < -0.4 is 5.32 Å². The van der Waals surface area contributed by atoms with Crippen molar-refractivity contribution in [2.45, 2.75) is 44.9 Å². The molecule has 0 spiro atoms. The maximum absolute atomic E-state index is 12.2. The molecule has 1 atom stereocenters. The summed E-state index contributed by atoms with van der Waals surface area (Å²) in [5, 5.41) is 11.6. The summed E-state index contributed by atoms with van der Waals surface area (Å²) in [6, 6.07) is 16.4. The second-order valence-corrected chi connectivity index (χ2v) is 7.88. The van der Waals surface area contributed by atoms with Gasteiger partial charge in [0.05, 0.1) is 5.75 Å². The lowest BCUT2D eigenvalue weighted by Crippen LogP contribution is -2.34. The average Bonchev–Trinajstić information content (AvgIpc) is 3.17. The average molecular weight is 396 g/mol. The van der Waals surface area contributed by atoms with Gasteiger partial charge in [-0.25, -0.2) is 0 Å². The molecule has 1 amide bonds. The molecule has 6 heteroatoms. The molecule has 1 N–H and O–H groups in total. The second-order valence-electron chi connectivity index (χ2n) is 6.95. The molecule has 2 aromatic carbocycles. The van der Waals surface area contributed by atoms with Crippen LogP contribution in [0.15, 0.2) is 58.2 Å². The summed E-state index contributed by atoms with van der Waals surface area (Å²) in [5.41, 5.74) is 4.56. The molecular formula is C22H25N3O2S. The number of hydrogen-bond acceptors (Lipinski definition) is 5. The molecule has 0 fully saturated rings. The number of benzene rings is 2. The molecule has 28 heavy (non-hydrogen) atoms. The van der Waals surface area contributed by atoms with Gasteiger partial charge in [0, 0.05) is 11.6 Å². The van der Waals surface area contributed by atoms with E-state index in [1.54, 1.807) is 0 Å². The molecule has 0 bridgehead atoms. The Morgan fingerprint density at radius 2 is 1.89 bits per heavy atom. The van der Waals surface area contributed by atoms with E-state index >= 15 is 0 Å².